The van der Waals surface area contributed by atoms with Crippen molar-refractivity contribution in [3.05, 3.63) is 71.5 Å². The van der Waals surface area contributed by atoms with Gasteiger partial charge in [-0.1, -0.05) is 17.7 Å². The lowest BCUT2D eigenvalue weighted by molar-refractivity contribution is 0.0958. The van der Waals surface area contributed by atoms with Crippen LogP contribution in [-0.4, -0.2) is 23.3 Å². The van der Waals surface area contributed by atoms with E-state index in [1.807, 2.05) is 0 Å². The predicted octanol–water partition coefficient (Wildman–Crippen LogP) is 2.90. The largest absolute Gasteiger partial charge is 0.349 e. The third kappa shape index (κ3) is 4.17. The summed E-state index contributed by atoms with van der Waals surface area (Å²) in [6.45, 7) is 3.88. The summed E-state index contributed by atoms with van der Waals surface area (Å²) in [6, 6.07) is 9.68. The molecule has 1 aromatic carbocycles. The Labute approximate surface area is 133 Å². The molecule has 2 amide bonds. The Morgan fingerprint density at radius 2 is 1.91 bits per heavy atom. The molecule has 0 saturated carbocycles. The maximum absolute atomic E-state index is 12.1. The summed E-state index contributed by atoms with van der Waals surface area (Å²) in [4.78, 5) is 28.0. The zero-order valence-corrected chi connectivity index (χ0v) is 12.4. The first-order chi connectivity index (χ1) is 10.6. The molecular formula is C16H14ClN3O2. The van der Waals surface area contributed by atoms with Gasteiger partial charge >= 0.3 is 0 Å². The molecule has 22 heavy (non-hydrogen) atoms. The summed E-state index contributed by atoms with van der Waals surface area (Å²) in [5.74, 6) is -0.691. The lowest BCUT2D eigenvalue weighted by Crippen LogP contribution is -2.24. The normalized spacial score (nSPS) is 9.86. The molecular weight excluding hydrogens is 302 g/mol. The van der Waals surface area contributed by atoms with Gasteiger partial charge in [0, 0.05) is 29.0 Å². The number of rotatable bonds is 5. The first-order valence-corrected chi connectivity index (χ1v) is 6.90. The van der Waals surface area contributed by atoms with Crippen LogP contribution in [0.2, 0.25) is 5.02 Å². The molecule has 2 N–H and O–H groups in total. The number of benzene rings is 1. The molecule has 0 unspecified atom stereocenters. The summed E-state index contributed by atoms with van der Waals surface area (Å²) < 4.78 is 0. The number of carbonyl (C=O) groups excluding carboxylic acids is 2. The monoisotopic (exact) mass is 315 g/mol. The number of pyridine rings is 1. The topological polar surface area (TPSA) is 71.1 Å². The molecule has 0 bridgehead atoms. The Hall–Kier alpha value is -2.66. The Balaban J connectivity index is 2.11. The van der Waals surface area contributed by atoms with Crippen LogP contribution >= 0.6 is 11.6 Å². The lowest BCUT2D eigenvalue weighted by atomic mass is 10.2. The van der Waals surface area contributed by atoms with Crippen molar-refractivity contribution in [3.63, 3.8) is 0 Å². The summed E-state index contributed by atoms with van der Waals surface area (Å²) in [5, 5.41) is 5.91. The molecule has 5 nitrogen and oxygen atoms in total. The van der Waals surface area contributed by atoms with Gasteiger partial charge in [0.05, 0.1) is 0 Å². The average molecular weight is 316 g/mol. The zero-order chi connectivity index (χ0) is 15.9. The Morgan fingerprint density at radius 1 is 1.18 bits per heavy atom. The minimum Gasteiger partial charge on any atom is -0.349 e. The van der Waals surface area contributed by atoms with Crippen LogP contribution in [-0.2, 0) is 0 Å². The first kappa shape index (κ1) is 15.7. The van der Waals surface area contributed by atoms with Crippen molar-refractivity contribution in [1.29, 1.82) is 0 Å². The van der Waals surface area contributed by atoms with Crippen molar-refractivity contribution >= 4 is 29.1 Å². The standard InChI is InChI=1S/C16H14ClN3O2/c1-2-8-19-15(21)11-7-9-18-14(10-11)16(22)20-13-5-3-12(17)4-6-13/h2-7,9-10H,1,8H2,(H,19,21)(H,20,22). The Bertz CT molecular complexity index is 699. The van der Waals surface area contributed by atoms with E-state index >= 15 is 0 Å². The van der Waals surface area contributed by atoms with Gasteiger partial charge in [0.15, 0.2) is 0 Å². The van der Waals surface area contributed by atoms with Gasteiger partial charge in [-0.05, 0) is 36.4 Å². The van der Waals surface area contributed by atoms with E-state index in [0.717, 1.165) is 0 Å². The van der Waals surface area contributed by atoms with Crippen molar-refractivity contribution in [2.24, 2.45) is 0 Å². The van der Waals surface area contributed by atoms with Crippen LogP contribution < -0.4 is 10.6 Å². The second-order valence-corrected chi connectivity index (χ2v) is 4.83. The van der Waals surface area contributed by atoms with E-state index in [2.05, 4.69) is 22.2 Å². The molecule has 1 heterocycles. The van der Waals surface area contributed by atoms with Gasteiger partial charge in [-0.2, -0.15) is 0 Å². The molecule has 0 fully saturated rings. The van der Waals surface area contributed by atoms with E-state index in [1.54, 1.807) is 30.3 Å². The van der Waals surface area contributed by atoms with Crippen LogP contribution in [0, 0.1) is 0 Å². The Kier molecular flexibility index (Phi) is 5.27. The molecule has 112 valence electrons. The van der Waals surface area contributed by atoms with Gasteiger partial charge in [-0.3, -0.25) is 14.6 Å². The number of aromatic nitrogens is 1. The minimum atomic E-state index is -0.402. The van der Waals surface area contributed by atoms with Gasteiger partial charge in [0.25, 0.3) is 11.8 Å². The van der Waals surface area contributed by atoms with Crippen molar-refractivity contribution < 1.29 is 9.59 Å². The van der Waals surface area contributed by atoms with Crippen LogP contribution in [0.25, 0.3) is 0 Å². The van der Waals surface area contributed by atoms with Gasteiger partial charge in [0.1, 0.15) is 5.69 Å². The third-order valence-electron chi connectivity index (χ3n) is 2.76. The smallest absolute Gasteiger partial charge is 0.274 e. The molecule has 0 radical (unpaired) electrons. The van der Waals surface area contributed by atoms with Crippen LogP contribution in [0.3, 0.4) is 0 Å². The molecule has 0 aliphatic carbocycles. The fourth-order valence-electron chi connectivity index (χ4n) is 1.69. The third-order valence-corrected chi connectivity index (χ3v) is 3.02. The number of halogens is 1. The highest BCUT2D eigenvalue weighted by Gasteiger charge is 2.11. The molecule has 2 aromatic rings. The van der Waals surface area contributed by atoms with E-state index in [-0.39, 0.29) is 11.6 Å². The van der Waals surface area contributed by atoms with E-state index < -0.39 is 5.91 Å². The van der Waals surface area contributed by atoms with Gasteiger partial charge < -0.3 is 10.6 Å². The maximum Gasteiger partial charge on any atom is 0.274 e. The fourth-order valence-corrected chi connectivity index (χ4v) is 1.82. The van der Waals surface area contributed by atoms with Crippen molar-refractivity contribution in [2.45, 2.75) is 0 Å². The summed E-state index contributed by atoms with van der Waals surface area (Å²) in [5.41, 5.74) is 1.11. The number of nitrogens with one attached hydrogen (secondary N) is 2. The SMILES string of the molecule is C=CCNC(=O)c1ccnc(C(=O)Nc2ccc(Cl)cc2)c1. The molecule has 0 spiro atoms. The van der Waals surface area contributed by atoms with Crippen LogP contribution in [0.4, 0.5) is 5.69 Å². The van der Waals surface area contributed by atoms with Crippen LogP contribution in [0.1, 0.15) is 20.8 Å². The van der Waals surface area contributed by atoms with Crippen LogP contribution in [0.5, 0.6) is 0 Å². The van der Waals surface area contributed by atoms with Gasteiger partial charge in [-0.25, -0.2) is 0 Å². The molecule has 1 aromatic heterocycles. The molecule has 0 aliphatic rings. The van der Waals surface area contributed by atoms with E-state index in [1.165, 1.54) is 18.3 Å². The summed E-state index contributed by atoms with van der Waals surface area (Å²) >= 11 is 5.79. The summed E-state index contributed by atoms with van der Waals surface area (Å²) in [7, 11) is 0. The molecule has 0 atom stereocenters. The highest BCUT2D eigenvalue weighted by Crippen LogP contribution is 2.14. The van der Waals surface area contributed by atoms with Gasteiger partial charge in [0.2, 0.25) is 0 Å². The van der Waals surface area contributed by atoms with E-state index in [0.29, 0.717) is 22.8 Å². The fraction of sp³-hybridized carbons (Fsp3) is 0.0625. The van der Waals surface area contributed by atoms with Crippen molar-refractivity contribution in [2.75, 3.05) is 11.9 Å². The lowest BCUT2D eigenvalue weighted by Gasteiger charge is -2.06. The highest BCUT2D eigenvalue weighted by molar-refractivity contribution is 6.30. The quantitative estimate of drug-likeness (QED) is 0.833. The van der Waals surface area contributed by atoms with Crippen molar-refractivity contribution in [3.8, 4) is 0 Å². The van der Waals surface area contributed by atoms with Crippen molar-refractivity contribution in [1.82, 2.24) is 10.3 Å². The maximum atomic E-state index is 12.1. The van der Waals surface area contributed by atoms with Gasteiger partial charge in [-0.15, -0.1) is 6.58 Å². The number of amides is 2. The van der Waals surface area contributed by atoms with Crippen LogP contribution in [0.15, 0.2) is 55.3 Å². The highest BCUT2D eigenvalue weighted by atomic mass is 35.5. The number of anilines is 1. The number of hydrogen-bond donors (Lipinski definition) is 2. The predicted molar refractivity (Wildman–Crippen MR) is 86.2 cm³/mol. The second-order valence-electron chi connectivity index (χ2n) is 4.39. The van der Waals surface area contributed by atoms with E-state index in [9.17, 15) is 9.59 Å². The number of hydrogen-bond acceptors (Lipinski definition) is 3. The Morgan fingerprint density at radius 3 is 2.59 bits per heavy atom. The molecule has 0 aliphatic heterocycles. The second kappa shape index (κ2) is 7.38. The number of carbonyl (C=O) groups is 2. The molecule has 6 heteroatoms. The summed E-state index contributed by atoms with van der Waals surface area (Å²) in [6.07, 6.45) is 2.99. The molecule has 0 saturated heterocycles. The zero-order valence-electron chi connectivity index (χ0n) is 11.7. The first-order valence-electron chi connectivity index (χ1n) is 6.52. The van der Waals surface area contributed by atoms with E-state index in [4.69, 9.17) is 11.6 Å². The molecule has 2 rings (SSSR count). The average Bonchev–Trinajstić information content (AvgIpc) is 2.54. The number of nitrogens with zero attached hydrogens (tertiary/aromatic N) is 1. The minimum absolute atomic E-state index is 0.154.